The number of hydrogen-bond acceptors (Lipinski definition) is 3. The lowest BCUT2D eigenvalue weighted by Crippen LogP contribution is -2.28. The third-order valence-corrected chi connectivity index (χ3v) is 4.69. The van der Waals surface area contributed by atoms with Crippen molar-refractivity contribution in [3.63, 3.8) is 0 Å². The normalized spacial score (nSPS) is 11.0. The zero-order chi connectivity index (χ0) is 18.2. The van der Waals surface area contributed by atoms with Crippen molar-refractivity contribution in [2.45, 2.75) is 96.8 Å². The smallest absolute Gasteiger partial charge is 0.295 e. The van der Waals surface area contributed by atoms with Crippen LogP contribution in [0.5, 0.6) is 0 Å². The van der Waals surface area contributed by atoms with Gasteiger partial charge in [0, 0.05) is 6.54 Å². The van der Waals surface area contributed by atoms with Crippen LogP contribution < -0.4 is 0 Å². The first-order valence-corrected chi connectivity index (χ1v) is 10.2. The van der Waals surface area contributed by atoms with E-state index in [1.165, 1.54) is 89.6 Å². The van der Waals surface area contributed by atoms with Crippen molar-refractivity contribution in [1.82, 2.24) is 15.0 Å². The molecule has 1 rings (SSSR count). The predicted octanol–water partition coefficient (Wildman–Crippen LogP) is 5.72. The van der Waals surface area contributed by atoms with Gasteiger partial charge in [0.05, 0.1) is 12.5 Å². The van der Waals surface area contributed by atoms with Gasteiger partial charge >= 0.3 is 0 Å². The largest absolute Gasteiger partial charge is 0.341 e. The van der Waals surface area contributed by atoms with E-state index in [0.717, 1.165) is 17.9 Å². The number of carbonyl (C=O) groups excluding carboxylic acids is 1. The van der Waals surface area contributed by atoms with Gasteiger partial charge in [-0.15, -0.1) is 0 Å². The quantitative estimate of drug-likeness (QED) is 0.227. The van der Waals surface area contributed by atoms with Crippen molar-refractivity contribution in [2.75, 3.05) is 6.54 Å². The number of imidazole rings is 1. The zero-order valence-corrected chi connectivity index (χ0v) is 16.0. The maximum Gasteiger partial charge on any atom is 0.295 e. The van der Waals surface area contributed by atoms with Gasteiger partial charge < -0.3 is 4.98 Å². The highest BCUT2D eigenvalue weighted by molar-refractivity contribution is 5.91. The maximum absolute atomic E-state index is 11.8. The van der Waals surface area contributed by atoms with Crippen LogP contribution in [0.4, 0.5) is 0 Å². The third kappa shape index (κ3) is 11.0. The Morgan fingerprint density at radius 3 is 1.84 bits per heavy atom. The molecule has 1 aromatic heterocycles. The molecule has 0 fully saturated rings. The third-order valence-electron chi connectivity index (χ3n) is 4.69. The van der Waals surface area contributed by atoms with Crippen LogP contribution >= 0.6 is 0 Å². The van der Waals surface area contributed by atoms with E-state index in [1.807, 2.05) is 0 Å². The van der Waals surface area contributed by atoms with E-state index >= 15 is 0 Å². The first-order valence-electron chi connectivity index (χ1n) is 10.2. The summed E-state index contributed by atoms with van der Waals surface area (Å²) in [6.45, 7) is 2.65. The lowest BCUT2D eigenvalue weighted by molar-refractivity contribution is -0.0592. The average molecular weight is 352 g/mol. The van der Waals surface area contributed by atoms with E-state index in [1.54, 1.807) is 0 Å². The van der Waals surface area contributed by atoms with Crippen LogP contribution in [0.25, 0.3) is 0 Å². The topological polar surface area (TPSA) is 69.2 Å². The lowest BCUT2D eigenvalue weighted by Gasteiger charge is -2.13. The molecule has 144 valence electrons. The number of nitrogens with one attached hydrogen (secondary N) is 1. The molecular formula is C20H37N3O2. The Bertz CT molecular complexity index is 421. The summed E-state index contributed by atoms with van der Waals surface area (Å²) in [7, 11) is 0. The van der Waals surface area contributed by atoms with Gasteiger partial charge in [-0.1, -0.05) is 90.4 Å². The van der Waals surface area contributed by atoms with Gasteiger partial charge in [-0.2, -0.15) is 0 Å². The van der Waals surface area contributed by atoms with Gasteiger partial charge in [0.25, 0.3) is 5.91 Å². The van der Waals surface area contributed by atoms with Crippen molar-refractivity contribution < 1.29 is 10.0 Å². The SMILES string of the molecule is CCCCCCCCCCCCCCCCN(O)C(=O)c1cnc[nH]1. The molecule has 1 amide bonds. The standard InChI is InChI=1S/C20H37N3O2/c1-2-3-4-5-6-7-8-9-10-11-12-13-14-15-16-23(25)20(24)19-17-21-18-22-19/h17-18,25H,2-16H2,1H3,(H,21,22). The van der Waals surface area contributed by atoms with Crippen molar-refractivity contribution in [3.05, 3.63) is 18.2 Å². The summed E-state index contributed by atoms with van der Waals surface area (Å²) in [4.78, 5) is 18.3. The number of hydroxylamine groups is 2. The molecule has 0 atom stereocenters. The van der Waals surface area contributed by atoms with Crippen LogP contribution in [0.1, 0.15) is 107 Å². The second-order valence-corrected chi connectivity index (χ2v) is 6.99. The van der Waals surface area contributed by atoms with Gasteiger partial charge in [-0.25, -0.2) is 10.0 Å². The molecule has 0 unspecified atom stereocenters. The summed E-state index contributed by atoms with van der Waals surface area (Å²) < 4.78 is 0. The fourth-order valence-electron chi connectivity index (χ4n) is 3.07. The highest BCUT2D eigenvalue weighted by Gasteiger charge is 2.13. The second kappa shape index (κ2) is 14.9. The lowest BCUT2D eigenvalue weighted by atomic mass is 10.0. The van der Waals surface area contributed by atoms with Gasteiger partial charge in [0.1, 0.15) is 5.69 Å². The summed E-state index contributed by atoms with van der Waals surface area (Å²) in [6, 6.07) is 0. The summed E-state index contributed by atoms with van der Waals surface area (Å²) in [5.41, 5.74) is 0.327. The number of amides is 1. The fourth-order valence-corrected chi connectivity index (χ4v) is 3.07. The number of carbonyl (C=O) groups is 1. The number of hydrogen-bond donors (Lipinski definition) is 2. The molecule has 5 heteroatoms. The molecule has 0 aliphatic carbocycles. The highest BCUT2D eigenvalue weighted by Crippen LogP contribution is 2.13. The van der Waals surface area contributed by atoms with E-state index in [0.29, 0.717) is 12.2 Å². The Morgan fingerprint density at radius 2 is 1.40 bits per heavy atom. The van der Waals surface area contributed by atoms with Crippen LogP contribution in [-0.4, -0.2) is 32.7 Å². The highest BCUT2D eigenvalue weighted by atomic mass is 16.5. The number of unbranched alkanes of at least 4 members (excludes halogenated alkanes) is 13. The minimum absolute atomic E-state index is 0.327. The summed E-state index contributed by atoms with van der Waals surface area (Å²) in [5, 5.41) is 10.5. The van der Waals surface area contributed by atoms with E-state index in [9.17, 15) is 10.0 Å². The molecule has 0 spiro atoms. The van der Waals surface area contributed by atoms with Crippen molar-refractivity contribution in [2.24, 2.45) is 0 Å². The molecule has 0 aliphatic heterocycles. The Kier molecular flexibility index (Phi) is 13.0. The first-order chi connectivity index (χ1) is 12.3. The Balaban J connectivity index is 1.82. The van der Waals surface area contributed by atoms with Crippen LogP contribution in [0.15, 0.2) is 12.5 Å². The summed E-state index contributed by atoms with van der Waals surface area (Å²) in [5.74, 6) is -0.410. The van der Waals surface area contributed by atoms with Crippen LogP contribution in [0.3, 0.4) is 0 Å². The molecule has 1 aromatic rings. The first kappa shape index (κ1) is 21.7. The van der Waals surface area contributed by atoms with E-state index < -0.39 is 5.91 Å². The minimum Gasteiger partial charge on any atom is -0.341 e. The second-order valence-electron chi connectivity index (χ2n) is 6.99. The summed E-state index contributed by atoms with van der Waals surface area (Å²) >= 11 is 0. The van der Waals surface area contributed by atoms with E-state index in [2.05, 4.69) is 16.9 Å². The number of rotatable bonds is 16. The van der Waals surface area contributed by atoms with Crippen LogP contribution in [0.2, 0.25) is 0 Å². The van der Waals surface area contributed by atoms with Crippen LogP contribution in [-0.2, 0) is 0 Å². The van der Waals surface area contributed by atoms with Crippen LogP contribution in [0, 0.1) is 0 Å². The molecule has 0 radical (unpaired) electrons. The van der Waals surface area contributed by atoms with Gasteiger partial charge in [-0.05, 0) is 6.42 Å². The van der Waals surface area contributed by atoms with E-state index in [-0.39, 0.29) is 0 Å². The minimum atomic E-state index is -0.410. The molecule has 0 aliphatic rings. The number of aromatic amines is 1. The Morgan fingerprint density at radius 1 is 0.920 bits per heavy atom. The van der Waals surface area contributed by atoms with Gasteiger partial charge in [0.15, 0.2) is 0 Å². The number of H-pyrrole nitrogens is 1. The molecule has 0 aromatic carbocycles. The zero-order valence-electron chi connectivity index (χ0n) is 16.0. The molecule has 0 saturated carbocycles. The molecule has 2 N–H and O–H groups in total. The molecule has 0 saturated heterocycles. The van der Waals surface area contributed by atoms with Gasteiger partial charge in [0.2, 0.25) is 0 Å². The van der Waals surface area contributed by atoms with Crippen molar-refractivity contribution >= 4 is 5.91 Å². The Hall–Kier alpha value is -1.36. The number of aromatic nitrogens is 2. The predicted molar refractivity (Wildman–Crippen MR) is 102 cm³/mol. The molecule has 5 nitrogen and oxygen atoms in total. The van der Waals surface area contributed by atoms with Crippen molar-refractivity contribution in [3.8, 4) is 0 Å². The monoisotopic (exact) mass is 351 g/mol. The van der Waals surface area contributed by atoms with E-state index in [4.69, 9.17) is 0 Å². The molecule has 25 heavy (non-hydrogen) atoms. The summed E-state index contributed by atoms with van der Waals surface area (Å²) in [6.07, 6.45) is 21.0. The maximum atomic E-state index is 11.8. The fraction of sp³-hybridized carbons (Fsp3) is 0.800. The average Bonchev–Trinajstić information content (AvgIpc) is 3.15. The Labute approximate surface area is 153 Å². The number of nitrogens with zero attached hydrogens (tertiary/aromatic N) is 2. The molecule has 1 heterocycles. The van der Waals surface area contributed by atoms with Gasteiger partial charge in [-0.3, -0.25) is 10.0 Å². The molecular weight excluding hydrogens is 314 g/mol. The molecule has 0 bridgehead atoms. The van der Waals surface area contributed by atoms with Crippen molar-refractivity contribution in [1.29, 1.82) is 0 Å².